The second kappa shape index (κ2) is 6.66. The molecule has 2 aromatic carbocycles. The van der Waals surface area contributed by atoms with Crippen molar-refractivity contribution in [3.05, 3.63) is 64.0 Å². The molecule has 24 heavy (non-hydrogen) atoms. The third-order valence-electron chi connectivity index (χ3n) is 3.91. The highest BCUT2D eigenvalue weighted by Gasteiger charge is 2.15. The van der Waals surface area contributed by atoms with Crippen LogP contribution in [0.3, 0.4) is 0 Å². The molecule has 0 saturated heterocycles. The molecule has 3 rings (SSSR count). The molecule has 3 aromatic rings. The van der Waals surface area contributed by atoms with Crippen LogP contribution in [0.5, 0.6) is 17.2 Å². The quantitative estimate of drug-likeness (QED) is 0.779. The fourth-order valence-corrected chi connectivity index (χ4v) is 2.63. The molecule has 1 heterocycles. The SMILES string of the molecule is COc1ccc(CCc2oc3cc(O)ccc3c(=O)c2OC)cc1. The first-order valence-corrected chi connectivity index (χ1v) is 7.58. The Kier molecular flexibility index (Phi) is 4.42. The fourth-order valence-electron chi connectivity index (χ4n) is 2.63. The molecule has 1 N–H and O–H groups in total. The topological polar surface area (TPSA) is 68.9 Å². The number of aryl methyl sites for hydroxylation is 2. The molecule has 0 radical (unpaired) electrons. The predicted octanol–water partition coefficient (Wildman–Crippen LogP) is 3.30. The lowest BCUT2D eigenvalue weighted by Gasteiger charge is -2.09. The van der Waals surface area contributed by atoms with Gasteiger partial charge in [0.15, 0.2) is 5.76 Å². The van der Waals surface area contributed by atoms with Crippen LogP contribution in [-0.2, 0) is 12.8 Å². The van der Waals surface area contributed by atoms with E-state index in [-0.39, 0.29) is 16.9 Å². The van der Waals surface area contributed by atoms with Gasteiger partial charge in [0.25, 0.3) is 0 Å². The van der Waals surface area contributed by atoms with E-state index in [9.17, 15) is 9.90 Å². The normalized spacial score (nSPS) is 10.8. The lowest BCUT2D eigenvalue weighted by molar-refractivity contribution is 0.377. The molecule has 0 saturated carbocycles. The summed E-state index contributed by atoms with van der Waals surface area (Å²) < 4.78 is 16.2. The van der Waals surface area contributed by atoms with E-state index >= 15 is 0 Å². The van der Waals surface area contributed by atoms with Crippen LogP contribution in [0.2, 0.25) is 0 Å². The van der Waals surface area contributed by atoms with Crippen molar-refractivity contribution in [3.63, 3.8) is 0 Å². The van der Waals surface area contributed by atoms with Gasteiger partial charge in [0.2, 0.25) is 11.2 Å². The molecular weight excluding hydrogens is 308 g/mol. The Bertz CT molecular complexity index is 909. The molecular formula is C19H18O5. The Morgan fingerprint density at radius 3 is 2.42 bits per heavy atom. The number of rotatable bonds is 5. The van der Waals surface area contributed by atoms with Crippen LogP contribution < -0.4 is 14.9 Å². The molecule has 0 spiro atoms. The van der Waals surface area contributed by atoms with Gasteiger partial charge in [-0.15, -0.1) is 0 Å². The molecule has 0 bridgehead atoms. The van der Waals surface area contributed by atoms with E-state index in [2.05, 4.69) is 0 Å². The molecule has 0 aliphatic heterocycles. The molecule has 5 nitrogen and oxygen atoms in total. The van der Waals surface area contributed by atoms with Gasteiger partial charge in [-0.1, -0.05) is 12.1 Å². The van der Waals surface area contributed by atoms with E-state index in [0.717, 1.165) is 11.3 Å². The Morgan fingerprint density at radius 2 is 1.75 bits per heavy atom. The maximum Gasteiger partial charge on any atom is 0.234 e. The first-order valence-electron chi connectivity index (χ1n) is 7.58. The summed E-state index contributed by atoms with van der Waals surface area (Å²) in [6, 6.07) is 12.1. The van der Waals surface area contributed by atoms with Gasteiger partial charge in [-0.2, -0.15) is 0 Å². The number of ether oxygens (including phenoxy) is 2. The standard InChI is InChI=1S/C19H18O5/c1-22-14-7-3-12(4-8-14)5-10-16-19(23-2)18(21)15-9-6-13(20)11-17(15)24-16/h3-4,6-9,11,20H,5,10H2,1-2H3. The molecule has 0 atom stereocenters. The lowest BCUT2D eigenvalue weighted by Crippen LogP contribution is -2.09. The molecule has 1 aromatic heterocycles. The van der Waals surface area contributed by atoms with Gasteiger partial charge in [0, 0.05) is 12.5 Å². The molecule has 124 valence electrons. The van der Waals surface area contributed by atoms with Crippen molar-refractivity contribution in [1.82, 2.24) is 0 Å². The summed E-state index contributed by atoms with van der Waals surface area (Å²) in [6.07, 6.45) is 1.20. The fraction of sp³-hybridized carbons (Fsp3) is 0.211. The number of phenols is 1. The zero-order valence-electron chi connectivity index (χ0n) is 13.5. The maximum atomic E-state index is 12.5. The third kappa shape index (κ3) is 3.06. The van der Waals surface area contributed by atoms with Gasteiger partial charge < -0.3 is 19.0 Å². The van der Waals surface area contributed by atoms with Crippen molar-refractivity contribution in [2.45, 2.75) is 12.8 Å². The van der Waals surface area contributed by atoms with Gasteiger partial charge in [0.05, 0.1) is 19.6 Å². The average molecular weight is 326 g/mol. The summed E-state index contributed by atoms with van der Waals surface area (Å²) in [5.74, 6) is 1.53. The minimum absolute atomic E-state index is 0.0527. The van der Waals surface area contributed by atoms with Crippen LogP contribution in [-0.4, -0.2) is 19.3 Å². The second-order valence-electron chi connectivity index (χ2n) is 5.42. The van der Waals surface area contributed by atoms with E-state index in [1.807, 2.05) is 24.3 Å². The number of aromatic hydroxyl groups is 1. The monoisotopic (exact) mass is 326 g/mol. The second-order valence-corrected chi connectivity index (χ2v) is 5.42. The van der Waals surface area contributed by atoms with Crippen molar-refractivity contribution >= 4 is 11.0 Å². The minimum Gasteiger partial charge on any atom is -0.508 e. The van der Waals surface area contributed by atoms with Gasteiger partial charge in [-0.3, -0.25) is 4.79 Å². The highest BCUT2D eigenvalue weighted by atomic mass is 16.5. The number of fused-ring (bicyclic) bond motifs is 1. The summed E-state index contributed by atoms with van der Waals surface area (Å²) in [5, 5.41) is 9.98. The molecule has 0 aliphatic carbocycles. The van der Waals surface area contributed by atoms with Crippen molar-refractivity contribution in [3.8, 4) is 17.2 Å². The molecule has 5 heteroatoms. The maximum absolute atomic E-state index is 12.5. The van der Waals surface area contributed by atoms with E-state index in [4.69, 9.17) is 13.9 Å². The highest BCUT2D eigenvalue weighted by Crippen LogP contribution is 2.25. The molecule has 0 aliphatic rings. The zero-order chi connectivity index (χ0) is 17.1. The third-order valence-corrected chi connectivity index (χ3v) is 3.91. The van der Waals surface area contributed by atoms with Crippen molar-refractivity contribution in [2.24, 2.45) is 0 Å². The van der Waals surface area contributed by atoms with Crippen LogP contribution in [0.15, 0.2) is 51.7 Å². The number of methoxy groups -OCH3 is 2. The average Bonchev–Trinajstić information content (AvgIpc) is 2.60. The van der Waals surface area contributed by atoms with Crippen LogP contribution >= 0.6 is 0 Å². The summed E-state index contributed by atoms with van der Waals surface area (Å²) in [5.41, 5.74) is 1.21. The van der Waals surface area contributed by atoms with Gasteiger partial charge in [-0.25, -0.2) is 0 Å². The van der Waals surface area contributed by atoms with Crippen LogP contribution in [0.1, 0.15) is 11.3 Å². The first kappa shape index (κ1) is 15.9. The summed E-state index contributed by atoms with van der Waals surface area (Å²) >= 11 is 0. The van der Waals surface area contributed by atoms with Gasteiger partial charge >= 0.3 is 0 Å². The summed E-state index contributed by atoms with van der Waals surface area (Å²) in [6.45, 7) is 0. The Labute approximate surface area is 139 Å². The lowest BCUT2D eigenvalue weighted by atomic mass is 10.1. The van der Waals surface area contributed by atoms with Crippen LogP contribution in [0, 0.1) is 0 Å². The molecule has 0 unspecified atom stereocenters. The number of benzene rings is 2. The summed E-state index contributed by atoms with van der Waals surface area (Å²) in [4.78, 5) is 12.5. The van der Waals surface area contributed by atoms with Crippen LogP contribution in [0.25, 0.3) is 11.0 Å². The van der Waals surface area contributed by atoms with Crippen molar-refractivity contribution < 1.29 is 19.0 Å². The zero-order valence-corrected chi connectivity index (χ0v) is 13.5. The molecule has 0 amide bonds. The van der Waals surface area contributed by atoms with Crippen LogP contribution in [0.4, 0.5) is 0 Å². The number of hydrogen-bond acceptors (Lipinski definition) is 5. The largest absolute Gasteiger partial charge is 0.508 e. The Hall–Kier alpha value is -2.95. The van der Waals surface area contributed by atoms with Gasteiger partial charge in [-0.05, 0) is 36.2 Å². The highest BCUT2D eigenvalue weighted by molar-refractivity contribution is 5.79. The van der Waals surface area contributed by atoms with E-state index in [1.165, 1.54) is 25.3 Å². The minimum atomic E-state index is -0.233. The summed E-state index contributed by atoms with van der Waals surface area (Å²) in [7, 11) is 3.08. The molecule has 0 fully saturated rings. The number of phenolic OH excluding ortho intramolecular Hbond substituents is 1. The van der Waals surface area contributed by atoms with Crippen molar-refractivity contribution in [1.29, 1.82) is 0 Å². The van der Waals surface area contributed by atoms with Gasteiger partial charge in [0.1, 0.15) is 17.1 Å². The Balaban J connectivity index is 1.93. The smallest absolute Gasteiger partial charge is 0.234 e. The van der Waals surface area contributed by atoms with E-state index < -0.39 is 0 Å². The predicted molar refractivity (Wildman–Crippen MR) is 91.1 cm³/mol. The first-order chi connectivity index (χ1) is 11.6. The van der Waals surface area contributed by atoms with E-state index in [0.29, 0.717) is 29.6 Å². The Morgan fingerprint density at radius 1 is 1.00 bits per heavy atom. The van der Waals surface area contributed by atoms with E-state index in [1.54, 1.807) is 7.11 Å². The van der Waals surface area contributed by atoms with Crippen molar-refractivity contribution in [2.75, 3.05) is 14.2 Å². The number of hydrogen-bond donors (Lipinski definition) is 1.